The van der Waals surface area contributed by atoms with E-state index in [9.17, 15) is 4.79 Å². The molecule has 0 aromatic heterocycles. The molecule has 0 spiro atoms. The number of allylic oxidation sites excluding steroid dienone is 2. The second kappa shape index (κ2) is 8.00. The van der Waals surface area contributed by atoms with E-state index >= 15 is 0 Å². The molecule has 5 aliphatic rings. The summed E-state index contributed by atoms with van der Waals surface area (Å²) in [6.45, 7) is 10.3. The second-order valence-electron chi connectivity index (χ2n) is 11.0. The topological polar surface area (TPSA) is 32.8 Å². The van der Waals surface area contributed by atoms with E-state index in [0.717, 1.165) is 38.5 Å². The molecule has 4 heteroatoms. The van der Waals surface area contributed by atoms with Gasteiger partial charge in [-0.1, -0.05) is 37.3 Å². The highest BCUT2D eigenvalue weighted by atomic mass is 16.6. The molecule has 0 aromatic rings. The Hall–Kier alpha value is -0.870. The summed E-state index contributed by atoms with van der Waals surface area (Å²) in [5.74, 6) is 0.596. The van der Waals surface area contributed by atoms with Crippen LogP contribution >= 0.6 is 0 Å². The van der Waals surface area contributed by atoms with Crippen LogP contribution < -0.4 is 0 Å². The molecule has 4 fully saturated rings. The van der Waals surface area contributed by atoms with Crippen molar-refractivity contribution in [3.8, 4) is 0 Å². The maximum atomic E-state index is 12.8. The molecule has 3 aliphatic carbocycles. The maximum absolute atomic E-state index is 12.8. The summed E-state index contributed by atoms with van der Waals surface area (Å²) in [7, 11) is 0. The number of carbonyl (C=O) groups excluding carboxylic acids is 1. The highest BCUT2D eigenvalue weighted by Crippen LogP contribution is 2.55. The lowest BCUT2D eigenvalue weighted by atomic mass is 9.59. The van der Waals surface area contributed by atoms with Crippen molar-refractivity contribution < 1.29 is 9.53 Å². The van der Waals surface area contributed by atoms with Crippen LogP contribution in [0.15, 0.2) is 11.1 Å². The van der Waals surface area contributed by atoms with Crippen LogP contribution in [0.4, 0.5) is 0 Å². The number of fused-ring (bicyclic) bond motifs is 2. The molecule has 162 valence electrons. The Kier molecular flexibility index (Phi) is 5.53. The van der Waals surface area contributed by atoms with Gasteiger partial charge in [0, 0.05) is 44.7 Å². The van der Waals surface area contributed by atoms with Gasteiger partial charge in [-0.3, -0.25) is 14.6 Å². The van der Waals surface area contributed by atoms with Crippen LogP contribution in [0, 0.1) is 17.3 Å². The third-order valence-electron chi connectivity index (χ3n) is 9.13. The molecule has 4 nitrogen and oxygen atoms in total. The minimum Gasteiger partial charge on any atom is -0.462 e. The summed E-state index contributed by atoms with van der Waals surface area (Å²) in [6, 6.07) is 0.823. The van der Waals surface area contributed by atoms with E-state index in [-0.39, 0.29) is 23.4 Å². The zero-order valence-corrected chi connectivity index (χ0v) is 18.6. The second-order valence-corrected chi connectivity index (χ2v) is 11.0. The summed E-state index contributed by atoms with van der Waals surface area (Å²) in [5.41, 5.74) is 3.57. The highest BCUT2D eigenvalue weighted by molar-refractivity contribution is 5.76. The largest absolute Gasteiger partial charge is 0.462 e. The molecular weight excluding hydrogens is 360 g/mol. The lowest BCUT2D eigenvalue weighted by Gasteiger charge is -2.46. The molecule has 5 rings (SSSR count). The van der Waals surface area contributed by atoms with Gasteiger partial charge in [0.25, 0.3) is 0 Å². The first-order valence-corrected chi connectivity index (χ1v) is 12.4. The lowest BCUT2D eigenvalue weighted by Crippen LogP contribution is -2.52. The normalized spacial score (nSPS) is 39.9. The Labute approximate surface area is 177 Å². The Balaban J connectivity index is 1.21. The van der Waals surface area contributed by atoms with Crippen LogP contribution in [-0.2, 0) is 9.53 Å². The standard InChI is InChI=1S/C25H40N2O2/c1-18-7-6-10-25(2)16-23-20(15-22(18)25)21(24(28)29-23)17-26-11-13-27(14-12-26)19-8-4-3-5-9-19/h19-21,23H,3-17H2,1-2H3/t20-,21?,23-,25-/m1/s1. The van der Waals surface area contributed by atoms with Crippen molar-refractivity contribution in [3.63, 3.8) is 0 Å². The number of nitrogens with zero attached hydrogens (tertiary/aromatic N) is 2. The van der Waals surface area contributed by atoms with Gasteiger partial charge in [0.1, 0.15) is 6.10 Å². The van der Waals surface area contributed by atoms with Gasteiger partial charge in [-0.25, -0.2) is 0 Å². The van der Waals surface area contributed by atoms with E-state index in [1.807, 2.05) is 0 Å². The van der Waals surface area contributed by atoms with E-state index in [4.69, 9.17) is 4.74 Å². The molecule has 0 radical (unpaired) electrons. The first-order chi connectivity index (χ1) is 14.0. The minimum atomic E-state index is 0.0907. The Bertz CT molecular complexity index is 660. The lowest BCUT2D eigenvalue weighted by molar-refractivity contribution is -0.145. The number of piperazine rings is 1. The van der Waals surface area contributed by atoms with Gasteiger partial charge in [0.15, 0.2) is 0 Å². The number of hydrogen-bond donors (Lipinski definition) is 0. The Morgan fingerprint density at radius 3 is 2.59 bits per heavy atom. The molecule has 2 saturated carbocycles. The van der Waals surface area contributed by atoms with Gasteiger partial charge in [0.2, 0.25) is 0 Å². The molecule has 1 unspecified atom stereocenters. The molecule has 2 saturated heterocycles. The number of ether oxygens (including phenoxy) is 1. The van der Waals surface area contributed by atoms with Gasteiger partial charge in [-0.2, -0.15) is 0 Å². The molecular formula is C25H40N2O2. The average Bonchev–Trinajstić information content (AvgIpc) is 3.01. The van der Waals surface area contributed by atoms with Crippen molar-refractivity contribution in [2.75, 3.05) is 32.7 Å². The highest BCUT2D eigenvalue weighted by Gasteiger charge is 2.53. The van der Waals surface area contributed by atoms with Crippen LogP contribution in [0.3, 0.4) is 0 Å². The van der Waals surface area contributed by atoms with Crippen molar-refractivity contribution in [3.05, 3.63) is 11.1 Å². The van der Waals surface area contributed by atoms with Crippen LogP contribution in [0.2, 0.25) is 0 Å². The molecule has 0 amide bonds. The summed E-state index contributed by atoms with van der Waals surface area (Å²) in [6.07, 6.45) is 13.2. The predicted octanol–water partition coefficient (Wildman–Crippen LogP) is 4.40. The summed E-state index contributed by atoms with van der Waals surface area (Å²) >= 11 is 0. The fraction of sp³-hybridized carbons (Fsp3) is 0.880. The zero-order valence-electron chi connectivity index (χ0n) is 18.6. The minimum absolute atomic E-state index is 0.0907. The van der Waals surface area contributed by atoms with Gasteiger partial charge in [0.05, 0.1) is 5.92 Å². The smallest absolute Gasteiger partial charge is 0.310 e. The third kappa shape index (κ3) is 3.80. The van der Waals surface area contributed by atoms with Crippen LogP contribution in [0.25, 0.3) is 0 Å². The van der Waals surface area contributed by atoms with E-state index in [1.54, 1.807) is 11.1 Å². The van der Waals surface area contributed by atoms with Gasteiger partial charge in [-0.05, 0) is 57.3 Å². The van der Waals surface area contributed by atoms with Crippen molar-refractivity contribution in [1.29, 1.82) is 0 Å². The number of hydrogen-bond acceptors (Lipinski definition) is 4. The van der Waals surface area contributed by atoms with Gasteiger partial charge in [-0.15, -0.1) is 0 Å². The van der Waals surface area contributed by atoms with E-state index in [1.165, 1.54) is 64.5 Å². The van der Waals surface area contributed by atoms with Gasteiger partial charge < -0.3 is 4.74 Å². The average molecular weight is 401 g/mol. The predicted molar refractivity (Wildman–Crippen MR) is 116 cm³/mol. The summed E-state index contributed by atoms with van der Waals surface area (Å²) in [5, 5.41) is 0. The number of esters is 1. The number of carbonyl (C=O) groups is 1. The fourth-order valence-electron chi connectivity index (χ4n) is 7.36. The quantitative estimate of drug-likeness (QED) is 0.519. The molecule has 0 N–H and O–H groups in total. The molecule has 4 atom stereocenters. The SMILES string of the molecule is CC1=C2C[C@@H]3C(CN4CCN(C5CCCCC5)CC4)C(=O)O[C@@H]3C[C@@]2(C)CCC1. The summed E-state index contributed by atoms with van der Waals surface area (Å²) < 4.78 is 5.99. The monoisotopic (exact) mass is 400 g/mol. The van der Waals surface area contributed by atoms with Crippen molar-refractivity contribution in [2.45, 2.75) is 90.2 Å². The van der Waals surface area contributed by atoms with Crippen molar-refractivity contribution in [1.82, 2.24) is 9.80 Å². The van der Waals surface area contributed by atoms with Crippen LogP contribution in [-0.4, -0.2) is 60.6 Å². The van der Waals surface area contributed by atoms with E-state index in [0.29, 0.717) is 5.92 Å². The Morgan fingerprint density at radius 2 is 1.83 bits per heavy atom. The molecule has 2 heterocycles. The van der Waals surface area contributed by atoms with Crippen LogP contribution in [0.5, 0.6) is 0 Å². The van der Waals surface area contributed by atoms with Crippen LogP contribution in [0.1, 0.15) is 78.1 Å². The number of rotatable bonds is 3. The maximum Gasteiger partial charge on any atom is 0.310 e. The third-order valence-corrected chi connectivity index (χ3v) is 9.13. The molecule has 2 aliphatic heterocycles. The Morgan fingerprint density at radius 1 is 1.07 bits per heavy atom. The molecule has 0 bridgehead atoms. The van der Waals surface area contributed by atoms with E-state index in [2.05, 4.69) is 23.6 Å². The van der Waals surface area contributed by atoms with Crippen molar-refractivity contribution >= 4 is 5.97 Å². The first-order valence-electron chi connectivity index (χ1n) is 12.4. The molecule has 29 heavy (non-hydrogen) atoms. The molecule has 0 aromatic carbocycles. The first kappa shape index (κ1) is 20.1. The fourth-order valence-corrected chi connectivity index (χ4v) is 7.36. The van der Waals surface area contributed by atoms with Crippen molar-refractivity contribution in [2.24, 2.45) is 17.3 Å². The summed E-state index contributed by atoms with van der Waals surface area (Å²) in [4.78, 5) is 18.1. The van der Waals surface area contributed by atoms with E-state index < -0.39 is 0 Å². The zero-order chi connectivity index (χ0) is 20.0. The van der Waals surface area contributed by atoms with Gasteiger partial charge >= 0.3 is 5.97 Å².